The summed E-state index contributed by atoms with van der Waals surface area (Å²) in [4.78, 5) is 13.0. The number of likely N-dealkylation sites (N-methyl/N-ethyl adjacent to an activating group) is 1. The van der Waals surface area contributed by atoms with Crippen molar-refractivity contribution >= 4 is 5.91 Å². The summed E-state index contributed by atoms with van der Waals surface area (Å²) in [5, 5.41) is 8.97. The van der Waals surface area contributed by atoms with Crippen molar-refractivity contribution < 1.29 is 18.0 Å². The van der Waals surface area contributed by atoms with Crippen molar-refractivity contribution in [2.24, 2.45) is 5.73 Å². The van der Waals surface area contributed by atoms with Gasteiger partial charge in [0.25, 0.3) is 5.91 Å². The lowest BCUT2D eigenvalue weighted by molar-refractivity contribution is -0.194. The normalized spacial score (nSPS) is 14.1. The third kappa shape index (κ3) is 3.52. The lowest BCUT2D eigenvalue weighted by atomic mass is 10.00. The number of nitrogens with two attached hydrogens (primary N) is 1. The number of alkyl halides is 3. The maximum absolute atomic E-state index is 12.8. The van der Waals surface area contributed by atoms with Crippen molar-refractivity contribution in [3.8, 4) is 6.07 Å². The summed E-state index contributed by atoms with van der Waals surface area (Å²) in [7, 11) is 0. The third-order valence-corrected chi connectivity index (χ3v) is 3.20. The summed E-state index contributed by atoms with van der Waals surface area (Å²) in [6.07, 6.45) is -4.84. The van der Waals surface area contributed by atoms with Gasteiger partial charge >= 0.3 is 6.18 Å². The predicted octanol–water partition coefficient (Wildman–Crippen LogP) is 2.19. The molecule has 7 heteroatoms. The number of hydrogen-bond acceptors (Lipinski definition) is 3. The molecular weight excluding hydrogens is 283 g/mol. The van der Waals surface area contributed by atoms with Gasteiger partial charge in [0.15, 0.2) is 5.54 Å². The first kappa shape index (κ1) is 17.0. The van der Waals surface area contributed by atoms with Gasteiger partial charge < -0.3 is 10.6 Å². The van der Waals surface area contributed by atoms with Crippen LogP contribution in [0.2, 0.25) is 0 Å². The number of amides is 1. The topological polar surface area (TPSA) is 70.1 Å². The van der Waals surface area contributed by atoms with E-state index in [1.54, 1.807) is 31.2 Å². The van der Waals surface area contributed by atoms with Crippen molar-refractivity contribution in [1.29, 1.82) is 5.26 Å². The first-order chi connectivity index (χ1) is 9.65. The summed E-state index contributed by atoms with van der Waals surface area (Å²) in [6, 6.07) is 8.37. The fraction of sp³-hybridized carbons (Fsp3) is 0.429. The van der Waals surface area contributed by atoms with Gasteiger partial charge in [0, 0.05) is 13.1 Å². The molecule has 2 N–H and O–H groups in total. The second-order valence-corrected chi connectivity index (χ2v) is 4.79. The van der Waals surface area contributed by atoms with E-state index in [4.69, 9.17) is 11.0 Å². The van der Waals surface area contributed by atoms with Crippen LogP contribution in [-0.2, 0) is 11.3 Å². The molecule has 0 saturated carbocycles. The van der Waals surface area contributed by atoms with E-state index in [-0.39, 0.29) is 13.1 Å². The summed E-state index contributed by atoms with van der Waals surface area (Å²) >= 11 is 0. The quantitative estimate of drug-likeness (QED) is 0.926. The Hall–Kier alpha value is -2.07. The number of benzene rings is 1. The Labute approximate surface area is 121 Å². The van der Waals surface area contributed by atoms with Crippen molar-refractivity contribution in [3.63, 3.8) is 0 Å². The molecule has 0 bridgehead atoms. The van der Waals surface area contributed by atoms with Gasteiger partial charge in [-0.15, -0.1) is 0 Å². The fourth-order valence-corrected chi connectivity index (χ4v) is 1.75. The number of nitriles is 1. The van der Waals surface area contributed by atoms with Gasteiger partial charge in [-0.1, -0.05) is 18.2 Å². The van der Waals surface area contributed by atoms with E-state index in [0.29, 0.717) is 18.1 Å². The molecule has 1 atom stereocenters. The molecule has 1 unspecified atom stereocenters. The molecule has 21 heavy (non-hydrogen) atoms. The summed E-state index contributed by atoms with van der Waals surface area (Å²) in [5.74, 6) is -1.22. The van der Waals surface area contributed by atoms with Crippen LogP contribution in [0.1, 0.15) is 25.0 Å². The lowest BCUT2D eigenvalue weighted by Crippen LogP contribution is -2.62. The van der Waals surface area contributed by atoms with Crippen molar-refractivity contribution in [2.45, 2.75) is 32.1 Å². The van der Waals surface area contributed by atoms with E-state index in [1.165, 1.54) is 0 Å². The van der Waals surface area contributed by atoms with E-state index >= 15 is 0 Å². The summed E-state index contributed by atoms with van der Waals surface area (Å²) in [5.41, 5.74) is 3.00. The van der Waals surface area contributed by atoms with Crippen LogP contribution >= 0.6 is 0 Å². The molecule has 0 aliphatic carbocycles. The lowest BCUT2D eigenvalue weighted by Gasteiger charge is -2.32. The summed E-state index contributed by atoms with van der Waals surface area (Å²) in [6.45, 7) is 2.16. The van der Waals surface area contributed by atoms with Crippen molar-refractivity contribution in [3.05, 3.63) is 35.4 Å². The van der Waals surface area contributed by atoms with E-state index in [0.717, 1.165) is 4.90 Å². The van der Waals surface area contributed by atoms with Gasteiger partial charge in [0.1, 0.15) is 0 Å². The number of carbonyl (C=O) groups excluding carboxylic acids is 1. The second kappa shape index (κ2) is 6.14. The minimum absolute atomic E-state index is 0.0570. The number of nitrogens with zero attached hydrogens (tertiary/aromatic N) is 2. The molecule has 1 aromatic carbocycles. The number of rotatable bonds is 4. The monoisotopic (exact) mass is 299 g/mol. The van der Waals surface area contributed by atoms with E-state index < -0.39 is 17.6 Å². The molecule has 0 saturated heterocycles. The molecule has 0 aromatic heterocycles. The van der Waals surface area contributed by atoms with Gasteiger partial charge in [-0.2, -0.15) is 18.4 Å². The highest BCUT2D eigenvalue weighted by molar-refractivity contribution is 5.86. The number of carbonyl (C=O) groups is 1. The standard InChI is InChI=1S/C14H16F3N3O/c1-3-20(12(21)13(2,19)14(15,16)17)9-11-7-5-4-6-10(11)8-18/h4-7H,3,9,19H2,1-2H3. The smallest absolute Gasteiger partial charge is 0.337 e. The molecule has 1 aromatic rings. The molecule has 0 fully saturated rings. The zero-order valence-electron chi connectivity index (χ0n) is 11.7. The molecular formula is C14H16F3N3O. The van der Waals surface area contributed by atoms with E-state index in [9.17, 15) is 18.0 Å². The van der Waals surface area contributed by atoms with Crippen molar-refractivity contribution in [2.75, 3.05) is 6.54 Å². The molecule has 114 valence electrons. The maximum Gasteiger partial charge on any atom is 0.415 e. The van der Waals surface area contributed by atoms with Gasteiger partial charge in [-0.3, -0.25) is 4.79 Å². The Morgan fingerprint density at radius 2 is 1.95 bits per heavy atom. The van der Waals surface area contributed by atoms with Gasteiger partial charge in [0.2, 0.25) is 0 Å². The minimum Gasteiger partial charge on any atom is -0.337 e. The Morgan fingerprint density at radius 3 is 2.43 bits per heavy atom. The van der Waals surface area contributed by atoms with Crippen LogP contribution < -0.4 is 5.73 Å². The zero-order valence-corrected chi connectivity index (χ0v) is 11.7. The van der Waals surface area contributed by atoms with Gasteiger partial charge in [-0.05, 0) is 25.5 Å². The van der Waals surface area contributed by atoms with Crippen LogP contribution in [0.15, 0.2) is 24.3 Å². The Bertz CT molecular complexity index is 561. The number of halogens is 3. The van der Waals surface area contributed by atoms with E-state index in [1.807, 2.05) is 6.07 Å². The van der Waals surface area contributed by atoms with Crippen molar-refractivity contribution in [1.82, 2.24) is 4.90 Å². The second-order valence-electron chi connectivity index (χ2n) is 4.79. The molecule has 0 spiro atoms. The first-order valence-corrected chi connectivity index (χ1v) is 6.28. The Kier molecular flexibility index (Phi) is 4.97. The minimum atomic E-state index is -4.84. The number of hydrogen-bond donors (Lipinski definition) is 1. The van der Waals surface area contributed by atoms with Crippen LogP contribution in [0, 0.1) is 11.3 Å². The van der Waals surface area contributed by atoms with E-state index in [2.05, 4.69) is 0 Å². The largest absolute Gasteiger partial charge is 0.415 e. The Morgan fingerprint density at radius 1 is 1.38 bits per heavy atom. The first-order valence-electron chi connectivity index (χ1n) is 6.28. The van der Waals surface area contributed by atoms with Crippen LogP contribution in [0.3, 0.4) is 0 Å². The van der Waals surface area contributed by atoms with Gasteiger partial charge in [-0.25, -0.2) is 0 Å². The fourth-order valence-electron chi connectivity index (χ4n) is 1.75. The van der Waals surface area contributed by atoms with Crippen LogP contribution in [-0.4, -0.2) is 29.1 Å². The van der Waals surface area contributed by atoms with Gasteiger partial charge in [0.05, 0.1) is 11.6 Å². The third-order valence-electron chi connectivity index (χ3n) is 3.20. The molecule has 1 amide bonds. The Balaban J connectivity index is 3.05. The maximum atomic E-state index is 12.8. The highest BCUT2D eigenvalue weighted by atomic mass is 19.4. The molecule has 1 rings (SSSR count). The molecule has 0 radical (unpaired) electrons. The van der Waals surface area contributed by atoms with Crippen LogP contribution in [0.5, 0.6) is 0 Å². The van der Waals surface area contributed by atoms with Crippen LogP contribution in [0.4, 0.5) is 13.2 Å². The molecule has 0 aliphatic heterocycles. The molecule has 0 heterocycles. The summed E-state index contributed by atoms with van der Waals surface area (Å²) < 4.78 is 38.5. The van der Waals surface area contributed by atoms with Crippen LogP contribution in [0.25, 0.3) is 0 Å². The average Bonchev–Trinajstić information content (AvgIpc) is 2.43. The SMILES string of the molecule is CCN(Cc1ccccc1C#N)C(=O)C(C)(N)C(F)(F)F. The predicted molar refractivity (Wildman–Crippen MR) is 70.9 cm³/mol. The zero-order chi connectivity index (χ0) is 16.3. The average molecular weight is 299 g/mol. The highest BCUT2D eigenvalue weighted by Gasteiger charge is 2.55. The highest BCUT2D eigenvalue weighted by Crippen LogP contribution is 2.30. The molecule has 0 aliphatic rings. The molecule has 4 nitrogen and oxygen atoms in total.